The van der Waals surface area contributed by atoms with Gasteiger partial charge in [0.05, 0.1) is 5.39 Å². The molecular formula is C18H21FN4O3. The van der Waals surface area contributed by atoms with Gasteiger partial charge in [0.25, 0.3) is 0 Å². The summed E-state index contributed by atoms with van der Waals surface area (Å²) in [4.78, 5) is 30.1. The summed E-state index contributed by atoms with van der Waals surface area (Å²) in [6.45, 7) is 3.22. The van der Waals surface area contributed by atoms with Gasteiger partial charge in [-0.25, -0.2) is 14.2 Å². The molecule has 1 aliphatic carbocycles. The van der Waals surface area contributed by atoms with E-state index in [2.05, 4.69) is 4.98 Å². The molecule has 0 spiro atoms. The molecule has 0 bridgehead atoms. The van der Waals surface area contributed by atoms with Gasteiger partial charge in [-0.3, -0.25) is 4.79 Å². The lowest BCUT2D eigenvalue weighted by Gasteiger charge is -2.21. The summed E-state index contributed by atoms with van der Waals surface area (Å²) >= 11 is 0. The predicted molar refractivity (Wildman–Crippen MR) is 95.2 cm³/mol. The number of aromatic carboxylic acids is 1. The van der Waals surface area contributed by atoms with Crippen molar-refractivity contribution in [3.8, 4) is 0 Å². The van der Waals surface area contributed by atoms with Crippen molar-refractivity contribution in [3.05, 3.63) is 33.9 Å². The van der Waals surface area contributed by atoms with Gasteiger partial charge in [-0.05, 0) is 38.2 Å². The van der Waals surface area contributed by atoms with Crippen LogP contribution >= 0.6 is 0 Å². The molecule has 0 amide bonds. The lowest BCUT2D eigenvalue weighted by atomic mass is 10.0. The topological polar surface area (TPSA) is 101 Å². The molecule has 0 radical (unpaired) electrons. The fraction of sp³-hybridized carbons (Fsp3) is 0.500. The van der Waals surface area contributed by atoms with Crippen LogP contribution in [0.15, 0.2) is 17.1 Å². The SMILES string of the molecule is C[C@H](N)C1CCN(c2nc3c(cc2F)c(=O)c(C(=O)O)cn3C2CC2)C1. The van der Waals surface area contributed by atoms with Crippen LogP contribution in [-0.2, 0) is 0 Å². The summed E-state index contributed by atoms with van der Waals surface area (Å²) in [5.74, 6) is -1.44. The van der Waals surface area contributed by atoms with Crippen molar-refractivity contribution < 1.29 is 14.3 Å². The number of hydrogen-bond acceptors (Lipinski definition) is 5. The highest BCUT2D eigenvalue weighted by molar-refractivity contribution is 5.92. The van der Waals surface area contributed by atoms with E-state index < -0.39 is 17.2 Å². The second-order valence-corrected chi connectivity index (χ2v) is 7.33. The van der Waals surface area contributed by atoms with E-state index >= 15 is 0 Å². The van der Waals surface area contributed by atoms with Gasteiger partial charge in [0.1, 0.15) is 11.2 Å². The van der Waals surface area contributed by atoms with Crippen LogP contribution in [0.5, 0.6) is 0 Å². The second kappa shape index (κ2) is 6.05. The Morgan fingerprint density at radius 1 is 1.42 bits per heavy atom. The second-order valence-electron chi connectivity index (χ2n) is 7.33. The number of halogens is 1. The van der Waals surface area contributed by atoms with Gasteiger partial charge in [-0.15, -0.1) is 0 Å². The minimum atomic E-state index is -1.31. The fourth-order valence-corrected chi connectivity index (χ4v) is 3.65. The Morgan fingerprint density at radius 3 is 2.73 bits per heavy atom. The molecule has 3 heterocycles. The summed E-state index contributed by atoms with van der Waals surface area (Å²) < 4.78 is 16.4. The molecule has 2 atom stereocenters. The Labute approximate surface area is 149 Å². The summed E-state index contributed by atoms with van der Waals surface area (Å²) in [6, 6.07) is 1.26. The van der Waals surface area contributed by atoms with Crippen molar-refractivity contribution >= 4 is 22.8 Å². The van der Waals surface area contributed by atoms with Crippen molar-refractivity contribution in [2.24, 2.45) is 11.7 Å². The number of hydrogen-bond donors (Lipinski definition) is 2. The predicted octanol–water partition coefficient (Wildman–Crippen LogP) is 1.74. The number of anilines is 1. The van der Waals surface area contributed by atoms with Gasteiger partial charge >= 0.3 is 5.97 Å². The van der Waals surface area contributed by atoms with E-state index in [0.717, 1.165) is 25.3 Å². The van der Waals surface area contributed by atoms with E-state index in [1.165, 1.54) is 6.20 Å². The maximum absolute atomic E-state index is 14.7. The van der Waals surface area contributed by atoms with E-state index in [0.29, 0.717) is 18.7 Å². The summed E-state index contributed by atoms with van der Waals surface area (Å²) in [6.07, 6.45) is 3.99. The van der Waals surface area contributed by atoms with E-state index in [1.54, 1.807) is 4.57 Å². The Kier molecular flexibility index (Phi) is 3.95. The Hall–Kier alpha value is -2.48. The van der Waals surface area contributed by atoms with Crippen LogP contribution in [0, 0.1) is 11.7 Å². The molecule has 0 aromatic carbocycles. The van der Waals surface area contributed by atoms with Crippen molar-refractivity contribution in [2.45, 2.75) is 38.3 Å². The molecule has 1 saturated heterocycles. The molecule has 4 rings (SSSR count). The van der Waals surface area contributed by atoms with Crippen molar-refractivity contribution in [3.63, 3.8) is 0 Å². The molecule has 26 heavy (non-hydrogen) atoms. The Bertz CT molecular complexity index is 952. The number of rotatable bonds is 4. The van der Waals surface area contributed by atoms with Crippen molar-refractivity contribution in [1.29, 1.82) is 0 Å². The maximum Gasteiger partial charge on any atom is 0.341 e. The van der Waals surface area contributed by atoms with E-state index in [-0.39, 0.29) is 34.8 Å². The molecule has 1 saturated carbocycles. The summed E-state index contributed by atoms with van der Waals surface area (Å²) in [5, 5.41) is 9.30. The average molecular weight is 360 g/mol. The van der Waals surface area contributed by atoms with Crippen molar-refractivity contribution in [1.82, 2.24) is 9.55 Å². The van der Waals surface area contributed by atoms with E-state index in [4.69, 9.17) is 5.73 Å². The molecule has 2 aromatic rings. The molecule has 3 N–H and O–H groups in total. The quantitative estimate of drug-likeness (QED) is 0.861. The molecule has 1 unspecified atom stereocenters. The monoisotopic (exact) mass is 360 g/mol. The van der Waals surface area contributed by atoms with E-state index in [9.17, 15) is 19.1 Å². The highest BCUT2D eigenvalue weighted by Crippen LogP contribution is 2.37. The summed E-state index contributed by atoms with van der Waals surface area (Å²) in [7, 11) is 0. The van der Waals surface area contributed by atoms with Crippen LogP contribution in [0.2, 0.25) is 0 Å². The normalized spacial score (nSPS) is 21.3. The zero-order valence-corrected chi connectivity index (χ0v) is 14.5. The summed E-state index contributed by atoms with van der Waals surface area (Å²) in [5.41, 5.74) is 5.26. The lowest BCUT2D eigenvalue weighted by molar-refractivity contribution is 0.0695. The minimum absolute atomic E-state index is 0.0148. The highest BCUT2D eigenvalue weighted by atomic mass is 19.1. The first-order chi connectivity index (χ1) is 12.4. The van der Waals surface area contributed by atoms with Gasteiger partial charge in [-0.1, -0.05) is 0 Å². The lowest BCUT2D eigenvalue weighted by Crippen LogP contribution is -2.30. The van der Waals surface area contributed by atoms with Gasteiger partial charge in [-0.2, -0.15) is 0 Å². The number of carboxylic acids is 1. The first-order valence-corrected chi connectivity index (χ1v) is 8.86. The molecule has 2 aliphatic rings. The van der Waals surface area contributed by atoms with Crippen LogP contribution in [-0.4, -0.2) is 39.8 Å². The molecule has 2 aromatic heterocycles. The number of pyridine rings is 2. The van der Waals surface area contributed by atoms with Gasteiger partial charge in [0, 0.05) is 31.4 Å². The smallest absolute Gasteiger partial charge is 0.341 e. The third-order valence-corrected chi connectivity index (χ3v) is 5.38. The zero-order valence-electron chi connectivity index (χ0n) is 14.5. The van der Waals surface area contributed by atoms with Crippen LogP contribution in [0.4, 0.5) is 10.2 Å². The number of aromatic nitrogens is 2. The molecule has 7 nitrogen and oxygen atoms in total. The van der Waals surface area contributed by atoms with E-state index in [1.807, 2.05) is 11.8 Å². The molecule has 138 valence electrons. The van der Waals surface area contributed by atoms with Gasteiger partial charge in [0.15, 0.2) is 11.6 Å². The van der Waals surface area contributed by atoms with Crippen LogP contribution in [0.1, 0.15) is 42.6 Å². The van der Waals surface area contributed by atoms with Crippen LogP contribution in [0.3, 0.4) is 0 Å². The zero-order chi connectivity index (χ0) is 18.6. The fourth-order valence-electron chi connectivity index (χ4n) is 3.65. The molecular weight excluding hydrogens is 339 g/mol. The number of carboxylic acid groups (broad SMARTS) is 1. The minimum Gasteiger partial charge on any atom is -0.477 e. The first-order valence-electron chi connectivity index (χ1n) is 8.86. The van der Waals surface area contributed by atoms with Crippen LogP contribution < -0.4 is 16.1 Å². The Morgan fingerprint density at radius 2 is 2.15 bits per heavy atom. The maximum atomic E-state index is 14.7. The largest absolute Gasteiger partial charge is 0.477 e. The van der Waals surface area contributed by atoms with Gasteiger partial charge in [0.2, 0.25) is 5.43 Å². The van der Waals surface area contributed by atoms with Crippen molar-refractivity contribution in [2.75, 3.05) is 18.0 Å². The standard InChI is InChI=1S/C18H21FN4O3/c1-9(20)10-4-5-22(7-10)17-14(19)6-12-15(24)13(18(25)26)8-23(11-2-3-11)16(12)21-17/h6,8-11H,2-5,7,20H2,1H3,(H,25,26)/t9-,10?/m0/s1. The molecule has 8 heteroatoms. The number of nitrogens with zero attached hydrogens (tertiary/aromatic N) is 3. The van der Waals surface area contributed by atoms with Crippen LogP contribution in [0.25, 0.3) is 11.0 Å². The highest BCUT2D eigenvalue weighted by Gasteiger charge is 2.31. The number of carbonyl (C=O) groups is 1. The average Bonchev–Trinajstić information content (AvgIpc) is 3.30. The molecule has 2 fully saturated rings. The molecule has 1 aliphatic heterocycles. The Balaban J connectivity index is 1.86. The first kappa shape index (κ1) is 17.0. The van der Waals surface area contributed by atoms with Gasteiger partial charge < -0.3 is 20.3 Å². The number of nitrogens with two attached hydrogens (primary N) is 1. The number of fused-ring (bicyclic) bond motifs is 1. The third-order valence-electron chi connectivity index (χ3n) is 5.38. The third kappa shape index (κ3) is 2.74.